The van der Waals surface area contributed by atoms with Gasteiger partial charge in [0.25, 0.3) is 11.6 Å². The fourth-order valence-corrected chi connectivity index (χ4v) is 4.71. The largest absolute Gasteiger partial charge is 0.348 e. The Balaban J connectivity index is 1.35. The fourth-order valence-electron chi connectivity index (χ4n) is 3.74. The second-order valence-corrected chi connectivity index (χ2v) is 8.70. The third kappa shape index (κ3) is 4.54. The number of benzene rings is 1. The second kappa shape index (κ2) is 8.64. The number of amidine groups is 1. The maximum Gasteiger partial charge on any atom is 0.286 e. The predicted molar refractivity (Wildman–Crippen MR) is 121 cm³/mol. The molecule has 162 valence electrons. The number of non-ortho nitro benzene ring substituents is 1. The number of aliphatic imine (C=N–C) groups is 1. The Hall–Kier alpha value is -2.98. The monoisotopic (exact) mass is 440 g/mol. The molecule has 0 bridgehead atoms. The highest BCUT2D eigenvalue weighted by Crippen LogP contribution is 2.31. The zero-order valence-corrected chi connectivity index (χ0v) is 18.6. The normalized spacial score (nSPS) is 18.7. The first-order chi connectivity index (χ1) is 14.8. The maximum atomic E-state index is 12.4. The highest BCUT2D eigenvalue weighted by molar-refractivity contribution is 8.18. The average molecular weight is 441 g/mol. The van der Waals surface area contributed by atoms with Crippen LogP contribution in [-0.2, 0) is 18.4 Å². The molecule has 2 aliphatic heterocycles. The molecule has 0 saturated carbocycles. The molecule has 0 N–H and O–H groups in total. The maximum absolute atomic E-state index is 12.4. The summed E-state index contributed by atoms with van der Waals surface area (Å²) in [7, 11) is 1.97. The Morgan fingerprint density at radius 1 is 1.16 bits per heavy atom. The number of rotatable bonds is 4. The molecule has 0 aliphatic carbocycles. The number of amides is 1. The van der Waals surface area contributed by atoms with Crippen LogP contribution in [0.15, 0.2) is 34.2 Å². The van der Waals surface area contributed by atoms with Crippen molar-refractivity contribution in [3.8, 4) is 0 Å². The van der Waals surface area contributed by atoms with Gasteiger partial charge in [-0.05, 0) is 49.4 Å². The van der Waals surface area contributed by atoms with Crippen LogP contribution in [0.5, 0.6) is 0 Å². The number of thioether (sulfide) groups is 1. The van der Waals surface area contributed by atoms with Crippen molar-refractivity contribution in [1.82, 2.24) is 19.6 Å². The van der Waals surface area contributed by atoms with E-state index in [1.807, 2.05) is 18.7 Å². The molecule has 3 heterocycles. The van der Waals surface area contributed by atoms with Gasteiger partial charge in [0.05, 0.1) is 15.5 Å². The predicted octanol–water partition coefficient (Wildman–Crippen LogP) is 2.73. The van der Waals surface area contributed by atoms with E-state index in [-0.39, 0.29) is 11.6 Å². The lowest BCUT2D eigenvalue weighted by molar-refractivity contribution is -0.384. The highest BCUT2D eigenvalue weighted by atomic mass is 32.2. The third-order valence-corrected chi connectivity index (χ3v) is 6.74. The van der Waals surface area contributed by atoms with Crippen LogP contribution in [0.3, 0.4) is 0 Å². The van der Waals surface area contributed by atoms with Gasteiger partial charge in [-0.1, -0.05) is 0 Å². The smallest absolute Gasteiger partial charge is 0.286 e. The van der Waals surface area contributed by atoms with Gasteiger partial charge >= 0.3 is 0 Å². The van der Waals surface area contributed by atoms with E-state index < -0.39 is 4.92 Å². The van der Waals surface area contributed by atoms with Crippen LogP contribution in [0.2, 0.25) is 0 Å². The molecule has 0 atom stereocenters. The zero-order valence-electron chi connectivity index (χ0n) is 17.7. The zero-order chi connectivity index (χ0) is 22.1. The van der Waals surface area contributed by atoms with Crippen LogP contribution in [-0.4, -0.2) is 61.8 Å². The van der Waals surface area contributed by atoms with Crippen LogP contribution in [0.25, 0.3) is 6.08 Å². The third-order valence-electron chi connectivity index (χ3n) is 5.69. The first kappa shape index (κ1) is 21.3. The molecule has 2 aliphatic rings. The Bertz CT molecular complexity index is 1080. The molecular formula is C21H24N6O3S. The quantitative estimate of drug-likeness (QED) is 0.410. The minimum atomic E-state index is -0.440. The second-order valence-electron chi connectivity index (χ2n) is 7.69. The molecule has 1 aromatic carbocycles. The van der Waals surface area contributed by atoms with Gasteiger partial charge in [0, 0.05) is 63.2 Å². The lowest BCUT2D eigenvalue weighted by atomic mass is 10.1. The highest BCUT2D eigenvalue weighted by Gasteiger charge is 2.29. The minimum absolute atomic E-state index is 0.0269. The van der Waals surface area contributed by atoms with Gasteiger partial charge in [0.1, 0.15) is 0 Å². The van der Waals surface area contributed by atoms with E-state index in [1.54, 1.807) is 18.2 Å². The van der Waals surface area contributed by atoms with Crippen molar-refractivity contribution in [2.45, 2.75) is 20.4 Å². The molecule has 4 rings (SSSR count). The van der Waals surface area contributed by atoms with Crippen LogP contribution < -0.4 is 0 Å². The van der Waals surface area contributed by atoms with E-state index in [0.717, 1.165) is 49.1 Å². The molecule has 2 aromatic rings. The Labute approximate surface area is 184 Å². The lowest BCUT2D eigenvalue weighted by Crippen LogP contribution is -2.47. The van der Waals surface area contributed by atoms with Crippen molar-refractivity contribution in [2.24, 2.45) is 12.0 Å². The van der Waals surface area contributed by atoms with Crippen molar-refractivity contribution >= 4 is 34.6 Å². The molecule has 10 heteroatoms. The first-order valence-corrected chi connectivity index (χ1v) is 10.9. The van der Waals surface area contributed by atoms with E-state index in [9.17, 15) is 14.9 Å². The summed E-state index contributed by atoms with van der Waals surface area (Å²) >= 11 is 1.37. The van der Waals surface area contributed by atoms with E-state index in [4.69, 9.17) is 0 Å². The Morgan fingerprint density at radius 3 is 2.42 bits per heavy atom. The lowest BCUT2D eigenvalue weighted by Gasteiger charge is -2.35. The molecule has 0 spiro atoms. The molecule has 1 aromatic heterocycles. The molecule has 1 amide bonds. The Kier molecular flexibility index (Phi) is 5.92. The molecule has 0 unspecified atom stereocenters. The molecule has 1 fully saturated rings. The van der Waals surface area contributed by atoms with Crippen molar-refractivity contribution < 1.29 is 9.72 Å². The van der Waals surface area contributed by atoms with E-state index in [0.29, 0.717) is 4.91 Å². The van der Waals surface area contributed by atoms with Crippen LogP contribution in [0.4, 0.5) is 5.69 Å². The summed E-state index contributed by atoms with van der Waals surface area (Å²) in [5.74, 6) is -0.262. The van der Waals surface area contributed by atoms with Crippen LogP contribution in [0, 0.1) is 24.0 Å². The SMILES string of the molecule is Cc1nn(C)c(C)c1CN1CCN(C2=NC(=O)/C(=C/c3ccc([N+](=O)[O-])cc3)S2)CC1. The van der Waals surface area contributed by atoms with Crippen molar-refractivity contribution in [1.29, 1.82) is 0 Å². The molecule has 1 saturated heterocycles. The van der Waals surface area contributed by atoms with E-state index in [2.05, 4.69) is 26.8 Å². The van der Waals surface area contributed by atoms with Gasteiger partial charge in [-0.3, -0.25) is 24.5 Å². The molecule has 0 radical (unpaired) electrons. The molecule has 9 nitrogen and oxygen atoms in total. The number of aromatic nitrogens is 2. The molecule has 31 heavy (non-hydrogen) atoms. The van der Waals surface area contributed by atoms with Gasteiger partial charge in [0.15, 0.2) is 5.17 Å². The topological polar surface area (TPSA) is 96.9 Å². The number of piperazine rings is 1. The van der Waals surface area contributed by atoms with E-state index in [1.165, 1.54) is 35.2 Å². The number of carbonyl (C=O) groups is 1. The summed E-state index contributed by atoms with van der Waals surface area (Å²) in [6.45, 7) is 8.42. The summed E-state index contributed by atoms with van der Waals surface area (Å²) < 4.78 is 1.93. The van der Waals surface area contributed by atoms with Gasteiger partial charge in [-0.15, -0.1) is 0 Å². The summed E-state index contributed by atoms with van der Waals surface area (Å²) in [5, 5.41) is 16.0. The number of hydrogen-bond donors (Lipinski definition) is 0. The number of nitro benzene ring substituents is 1. The summed E-state index contributed by atoms with van der Waals surface area (Å²) in [4.78, 5) is 32.0. The van der Waals surface area contributed by atoms with Crippen molar-refractivity contribution in [3.05, 3.63) is 61.8 Å². The van der Waals surface area contributed by atoms with Crippen molar-refractivity contribution in [2.75, 3.05) is 26.2 Å². The van der Waals surface area contributed by atoms with Gasteiger partial charge in [-0.25, -0.2) is 0 Å². The summed E-state index contributed by atoms with van der Waals surface area (Å²) in [6.07, 6.45) is 1.73. The standard InChI is InChI=1S/C21H24N6O3S/c1-14-18(15(2)24(3)23-14)13-25-8-10-26(11-9-25)21-22-20(28)19(31-21)12-16-4-6-17(7-5-16)27(29)30/h4-7,12H,8-11,13H2,1-3H3/b19-12-. The van der Waals surface area contributed by atoms with Gasteiger partial charge in [-0.2, -0.15) is 10.1 Å². The van der Waals surface area contributed by atoms with E-state index >= 15 is 0 Å². The van der Waals surface area contributed by atoms with Crippen LogP contribution in [0.1, 0.15) is 22.5 Å². The minimum Gasteiger partial charge on any atom is -0.348 e. The van der Waals surface area contributed by atoms with Crippen LogP contribution >= 0.6 is 11.8 Å². The first-order valence-electron chi connectivity index (χ1n) is 10.0. The fraction of sp³-hybridized carbons (Fsp3) is 0.381. The number of hydrogen-bond acceptors (Lipinski definition) is 7. The Morgan fingerprint density at radius 2 is 1.84 bits per heavy atom. The number of aryl methyl sites for hydroxylation is 2. The van der Waals surface area contributed by atoms with Gasteiger partial charge in [0.2, 0.25) is 0 Å². The number of carbonyl (C=O) groups excluding carboxylic acids is 1. The van der Waals surface area contributed by atoms with Crippen molar-refractivity contribution in [3.63, 3.8) is 0 Å². The number of nitro groups is 1. The summed E-state index contributed by atoms with van der Waals surface area (Å²) in [5.41, 5.74) is 4.32. The molecular weight excluding hydrogens is 416 g/mol. The summed E-state index contributed by atoms with van der Waals surface area (Å²) in [6, 6.07) is 6.14. The average Bonchev–Trinajstić information content (AvgIpc) is 3.23. The number of nitrogens with zero attached hydrogens (tertiary/aromatic N) is 6. The van der Waals surface area contributed by atoms with Gasteiger partial charge < -0.3 is 4.90 Å².